The molecule has 0 radical (unpaired) electrons. The maximum absolute atomic E-state index is 4.43. The highest BCUT2D eigenvalue weighted by molar-refractivity contribution is 5.64. The van der Waals surface area contributed by atoms with E-state index in [1.807, 2.05) is 32.2 Å². The van der Waals surface area contributed by atoms with Crippen LogP contribution >= 0.6 is 0 Å². The lowest BCUT2D eigenvalue weighted by molar-refractivity contribution is 0.735. The molecule has 2 rings (SSSR count). The Hall–Kier alpha value is -1.63. The van der Waals surface area contributed by atoms with E-state index in [4.69, 9.17) is 0 Å². The number of aromatic nitrogens is 1. The summed E-state index contributed by atoms with van der Waals surface area (Å²) < 4.78 is 0. The van der Waals surface area contributed by atoms with Crippen molar-refractivity contribution in [2.75, 3.05) is 0 Å². The maximum Gasteiger partial charge on any atom is 0.0704 e. The Labute approximate surface area is 151 Å². The molecule has 1 aromatic carbocycles. The van der Waals surface area contributed by atoms with Crippen molar-refractivity contribution >= 4 is 0 Å². The molecule has 0 bridgehead atoms. The molecule has 1 unspecified atom stereocenters. The molecule has 136 valence electrons. The molecule has 2 aromatic rings. The van der Waals surface area contributed by atoms with E-state index in [1.165, 1.54) is 24.0 Å². The van der Waals surface area contributed by atoms with E-state index in [0.29, 0.717) is 5.92 Å². The van der Waals surface area contributed by atoms with Gasteiger partial charge in [0.2, 0.25) is 0 Å². The van der Waals surface area contributed by atoms with Gasteiger partial charge in [-0.05, 0) is 30.0 Å². The molecular weight excluding hydrogens is 290 g/mol. The molecule has 24 heavy (non-hydrogen) atoms. The highest BCUT2D eigenvalue weighted by Crippen LogP contribution is 2.29. The van der Waals surface area contributed by atoms with Gasteiger partial charge >= 0.3 is 0 Å². The zero-order valence-corrected chi connectivity index (χ0v) is 17.3. The molecule has 0 saturated heterocycles. The molecule has 0 aliphatic carbocycles. The maximum atomic E-state index is 4.43. The molecule has 0 aliphatic rings. The standard InChI is InChI=1S/C15H17N.2C3H8.C2H6/c1-3-12(2)13-8-4-5-9-14(13)15-10-6-7-11-16-15;2*1-3-2;1-2/h4-12H,3H2,1-2H3;2*3H2,1-2H3;1-2H3. The van der Waals surface area contributed by atoms with Gasteiger partial charge in [0.25, 0.3) is 0 Å². The minimum atomic E-state index is 0.582. The second-order valence-corrected chi connectivity index (χ2v) is 5.53. The fourth-order valence-corrected chi connectivity index (χ4v) is 1.90. The van der Waals surface area contributed by atoms with Crippen molar-refractivity contribution in [2.24, 2.45) is 0 Å². The van der Waals surface area contributed by atoms with E-state index in [1.54, 1.807) is 0 Å². The molecule has 0 fully saturated rings. The van der Waals surface area contributed by atoms with Gasteiger partial charge in [-0.3, -0.25) is 4.98 Å². The summed E-state index contributed by atoms with van der Waals surface area (Å²) in [6.07, 6.45) is 5.51. The Kier molecular flexibility index (Phi) is 18.2. The van der Waals surface area contributed by atoms with Crippen LogP contribution in [0.2, 0.25) is 0 Å². The van der Waals surface area contributed by atoms with Crippen molar-refractivity contribution in [3.8, 4) is 11.3 Å². The molecule has 0 saturated carbocycles. The Balaban J connectivity index is 0. The van der Waals surface area contributed by atoms with Crippen LogP contribution in [0.5, 0.6) is 0 Å². The van der Waals surface area contributed by atoms with Crippen LogP contribution in [0.3, 0.4) is 0 Å². The third-order valence-corrected chi connectivity index (χ3v) is 3.04. The molecule has 1 atom stereocenters. The summed E-state index contributed by atoms with van der Waals surface area (Å²) in [7, 11) is 0. The first-order chi connectivity index (χ1) is 11.7. The number of hydrogen-bond acceptors (Lipinski definition) is 1. The monoisotopic (exact) mass is 329 g/mol. The Morgan fingerprint density at radius 3 is 1.75 bits per heavy atom. The van der Waals surface area contributed by atoms with Crippen LogP contribution in [0.15, 0.2) is 48.7 Å². The zero-order valence-electron chi connectivity index (χ0n) is 17.3. The average Bonchev–Trinajstić information content (AvgIpc) is 2.65. The summed E-state index contributed by atoms with van der Waals surface area (Å²) in [5.41, 5.74) is 3.72. The van der Waals surface area contributed by atoms with Gasteiger partial charge in [-0.2, -0.15) is 0 Å². The highest BCUT2D eigenvalue weighted by Gasteiger charge is 2.09. The van der Waals surface area contributed by atoms with Crippen molar-refractivity contribution in [3.63, 3.8) is 0 Å². The van der Waals surface area contributed by atoms with Crippen LogP contribution in [0.25, 0.3) is 11.3 Å². The Morgan fingerprint density at radius 2 is 1.29 bits per heavy atom. The lowest BCUT2D eigenvalue weighted by Crippen LogP contribution is -1.95. The third kappa shape index (κ3) is 10.2. The predicted molar refractivity (Wildman–Crippen MR) is 112 cm³/mol. The SMILES string of the molecule is CC.CCC.CCC.CCC(C)c1ccccc1-c1ccccn1. The molecule has 0 amide bonds. The summed E-state index contributed by atoms with van der Waals surface area (Å²) in [5.74, 6) is 0.582. The Morgan fingerprint density at radius 1 is 0.792 bits per heavy atom. The van der Waals surface area contributed by atoms with Gasteiger partial charge in [0.15, 0.2) is 0 Å². The van der Waals surface area contributed by atoms with Crippen molar-refractivity contribution < 1.29 is 0 Å². The molecule has 1 aromatic heterocycles. The van der Waals surface area contributed by atoms with E-state index in [0.717, 1.165) is 12.1 Å². The van der Waals surface area contributed by atoms with Gasteiger partial charge < -0.3 is 0 Å². The quantitative estimate of drug-likeness (QED) is 0.554. The van der Waals surface area contributed by atoms with Gasteiger partial charge in [0.1, 0.15) is 0 Å². The van der Waals surface area contributed by atoms with E-state index < -0.39 is 0 Å². The van der Waals surface area contributed by atoms with Crippen molar-refractivity contribution in [1.29, 1.82) is 0 Å². The van der Waals surface area contributed by atoms with Gasteiger partial charge in [-0.1, -0.05) is 98.6 Å². The van der Waals surface area contributed by atoms with Crippen LogP contribution in [0, 0.1) is 0 Å². The van der Waals surface area contributed by atoms with Gasteiger partial charge in [0.05, 0.1) is 5.69 Å². The smallest absolute Gasteiger partial charge is 0.0704 e. The fourth-order valence-electron chi connectivity index (χ4n) is 1.90. The van der Waals surface area contributed by atoms with Crippen LogP contribution in [-0.4, -0.2) is 4.98 Å². The van der Waals surface area contributed by atoms with Crippen LogP contribution < -0.4 is 0 Å². The molecule has 1 nitrogen and oxygen atoms in total. The van der Waals surface area contributed by atoms with E-state index in [9.17, 15) is 0 Å². The first-order valence-corrected chi connectivity index (χ1v) is 9.66. The number of nitrogens with zero attached hydrogens (tertiary/aromatic N) is 1. The lowest BCUT2D eigenvalue weighted by atomic mass is 9.92. The average molecular weight is 330 g/mol. The first-order valence-electron chi connectivity index (χ1n) is 9.66. The fraction of sp³-hybridized carbons (Fsp3) is 0.522. The van der Waals surface area contributed by atoms with Gasteiger partial charge in [-0.15, -0.1) is 0 Å². The number of rotatable bonds is 3. The molecule has 1 heterocycles. The van der Waals surface area contributed by atoms with Crippen LogP contribution in [-0.2, 0) is 0 Å². The molecule has 0 N–H and O–H groups in total. The molecular formula is C23H39N. The summed E-state index contributed by atoms with van der Waals surface area (Å²) in [6, 6.07) is 14.6. The van der Waals surface area contributed by atoms with Crippen molar-refractivity contribution in [3.05, 3.63) is 54.2 Å². The lowest BCUT2D eigenvalue weighted by Gasteiger charge is -2.14. The highest BCUT2D eigenvalue weighted by atomic mass is 14.7. The number of benzene rings is 1. The second kappa shape index (κ2) is 17.7. The number of hydrogen-bond donors (Lipinski definition) is 0. The molecule has 0 spiro atoms. The minimum Gasteiger partial charge on any atom is -0.256 e. The zero-order chi connectivity index (χ0) is 18.8. The van der Waals surface area contributed by atoms with Crippen LogP contribution in [0.4, 0.5) is 0 Å². The third-order valence-electron chi connectivity index (χ3n) is 3.04. The van der Waals surface area contributed by atoms with Gasteiger partial charge in [-0.25, -0.2) is 0 Å². The van der Waals surface area contributed by atoms with Crippen molar-refractivity contribution in [1.82, 2.24) is 4.98 Å². The number of pyridine rings is 1. The van der Waals surface area contributed by atoms with E-state index in [-0.39, 0.29) is 0 Å². The molecule has 0 aliphatic heterocycles. The largest absolute Gasteiger partial charge is 0.256 e. The summed E-state index contributed by atoms with van der Waals surface area (Å²) in [5, 5.41) is 0. The van der Waals surface area contributed by atoms with Crippen molar-refractivity contribution in [2.45, 2.75) is 80.6 Å². The first kappa shape index (κ1) is 24.6. The normalized spacial score (nSPS) is 10.0. The van der Waals surface area contributed by atoms with Gasteiger partial charge in [0, 0.05) is 11.8 Å². The van der Waals surface area contributed by atoms with Crippen LogP contribution in [0.1, 0.15) is 86.1 Å². The van der Waals surface area contributed by atoms with E-state index >= 15 is 0 Å². The summed E-state index contributed by atoms with van der Waals surface area (Å²) >= 11 is 0. The summed E-state index contributed by atoms with van der Waals surface area (Å²) in [4.78, 5) is 4.43. The topological polar surface area (TPSA) is 12.9 Å². The summed E-state index contributed by atoms with van der Waals surface area (Å²) in [6.45, 7) is 17.0. The predicted octanol–water partition coefficient (Wildman–Crippen LogP) is 8.12. The molecule has 1 heteroatoms. The van der Waals surface area contributed by atoms with E-state index in [2.05, 4.69) is 76.9 Å². The second-order valence-electron chi connectivity index (χ2n) is 5.53. The Bertz CT molecular complexity index is 474. The minimum absolute atomic E-state index is 0.582.